The molecular weight excluding hydrogens is 370 g/mol. The Kier molecular flexibility index (Phi) is 6.12. The Morgan fingerprint density at radius 3 is 2.69 bits per heavy atom. The van der Waals surface area contributed by atoms with Gasteiger partial charge in [-0.2, -0.15) is 0 Å². The highest BCUT2D eigenvalue weighted by atomic mass is 16.5. The zero-order chi connectivity index (χ0) is 20.1. The normalized spacial score (nSPS) is 18.3. The van der Waals surface area contributed by atoms with Crippen molar-refractivity contribution in [1.29, 1.82) is 0 Å². The van der Waals surface area contributed by atoms with Gasteiger partial charge >= 0.3 is 0 Å². The number of Topliss-reactive ketones (excluding diaryl/α,β-unsaturated/α-hetero) is 1. The number of aromatic hydroxyl groups is 1. The Balaban J connectivity index is 1.31. The van der Waals surface area contributed by atoms with Gasteiger partial charge in [-0.25, -0.2) is 0 Å². The fraction of sp³-hybridized carbons (Fsp3) is 0.348. The number of ketones is 1. The molecule has 1 N–H and O–H groups in total. The fourth-order valence-corrected chi connectivity index (χ4v) is 3.48. The topological polar surface area (TPSA) is 68.2 Å². The van der Waals surface area contributed by atoms with Gasteiger partial charge in [-0.3, -0.25) is 9.69 Å². The van der Waals surface area contributed by atoms with Crippen LogP contribution in [0.1, 0.15) is 22.3 Å². The molecule has 1 fully saturated rings. The molecule has 6 nitrogen and oxygen atoms in total. The van der Waals surface area contributed by atoms with Crippen molar-refractivity contribution >= 4 is 11.9 Å². The van der Waals surface area contributed by atoms with Crippen molar-refractivity contribution in [2.75, 3.05) is 46.1 Å². The second kappa shape index (κ2) is 9.11. The van der Waals surface area contributed by atoms with Crippen LogP contribution in [0, 0.1) is 0 Å². The molecule has 0 radical (unpaired) electrons. The van der Waals surface area contributed by atoms with E-state index in [1.807, 2.05) is 30.3 Å². The monoisotopic (exact) mass is 395 g/mol. The van der Waals surface area contributed by atoms with Gasteiger partial charge in [0, 0.05) is 31.3 Å². The highest BCUT2D eigenvalue weighted by molar-refractivity contribution is 6.14. The van der Waals surface area contributed by atoms with Crippen LogP contribution in [-0.4, -0.2) is 61.9 Å². The number of fused-ring (bicyclic) bond motifs is 1. The summed E-state index contributed by atoms with van der Waals surface area (Å²) in [7, 11) is 0. The number of morpholine rings is 1. The molecule has 0 bridgehead atoms. The molecule has 6 heteroatoms. The average Bonchev–Trinajstić information content (AvgIpc) is 2.75. The maximum Gasteiger partial charge on any atom is 0.196 e. The van der Waals surface area contributed by atoms with E-state index < -0.39 is 0 Å². The number of phenols is 1. The molecule has 2 heterocycles. The van der Waals surface area contributed by atoms with Crippen molar-refractivity contribution < 1.29 is 24.1 Å². The fourth-order valence-electron chi connectivity index (χ4n) is 3.48. The summed E-state index contributed by atoms with van der Waals surface area (Å²) in [6, 6.07) is 12.3. The van der Waals surface area contributed by atoms with E-state index in [4.69, 9.17) is 14.2 Å². The molecule has 2 aliphatic heterocycles. The Bertz CT molecular complexity index is 885. The van der Waals surface area contributed by atoms with Crippen molar-refractivity contribution in [3.8, 4) is 17.2 Å². The molecule has 0 aliphatic carbocycles. The minimum atomic E-state index is -0.0744. The highest BCUT2D eigenvalue weighted by Crippen LogP contribution is 2.31. The molecule has 2 aromatic rings. The molecule has 4 rings (SSSR count). The molecule has 2 aliphatic rings. The van der Waals surface area contributed by atoms with E-state index in [0.717, 1.165) is 50.6 Å². The lowest BCUT2D eigenvalue weighted by molar-refractivity contribution is 0.0358. The maximum atomic E-state index is 12.6. The number of rotatable bonds is 6. The summed E-state index contributed by atoms with van der Waals surface area (Å²) in [6.45, 7) is 5.52. The van der Waals surface area contributed by atoms with E-state index in [1.54, 1.807) is 6.07 Å². The summed E-state index contributed by atoms with van der Waals surface area (Å²) >= 11 is 0. The van der Waals surface area contributed by atoms with Crippen molar-refractivity contribution in [1.82, 2.24) is 4.90 Å². The minimum absolute atomic E-state index is 0.0744. The van der Waals surface area contributed by atoms with Crippen LogP contribution in [0.4, 0.5) is 0 Å². The summed E-state index contributed by atoms with van der Waals surface area (Å²) in [5.74, 6) is 1.26. The smallest absolute Gasteiger partial charge is 0.196 e. The number of carbonyl (C=O) groups excluding carboxylic acids is 1. The van der Waals surface area contributed by atoms with Gasteiger partial charge in [0.2, 0.25) is 0 Å². The predicted octanol–water partition coefficient (Wildman–Crippen LogP) is 3.15. The molecule has 0 spiro atoms. The first-order valence-electron chi connectivity index (χ1n) is 9.93. The van der Waals surface area contributed by atoms with Crippen LogP contribution in [0.25, 0.3) is 6.08 Å². The van der Waals surface area contributed by atoms with Gasteiger partial charge in [-0.1, -0.05) is 12.1 Å². The molecule has 0 amide bonds. The standard InChI is InChI=1S/C23H25NO5/c25-19-4-7-21-22(15-19)29-16-18(23(21)26)14-17-2-5-20(6-3-17)28-11-1-8-24-9-12-27-13-10-24/h2-7,14-15,25H,1,8-13,16H2/b18-14+. The molecule has 1 saturated heterocycles. The van der Waals surface area contributed by atoms with E-state index in [9.17, 15) is 9.90 Å². The third-order valence-electron chi connectivity index (χ3n) is 5.10. The second-order valence-corrected chi connectivity index (χ2v) is 7.19. The van der Waals surface area contributed by atoms with Crippen LogP contribution in [0.2, 0.25) is 0 Å². The summed E-state index contributed by atoms with van der Waals surface area (Å²) < 4.78 is 16.8. The molecule has 0 unspecified atom stereocenters. The van der Waals surface area contributed by atoms with E-state index in [-0.39, 0.29) is 18.1 Å². The largest absolute Gasteiger partial charge is 0.508 e. The third-order valence-corrected chi connectivity index (χ3v) is 5.10. The number of hydrogen-bond donors (Lipinski definition) is 1. The van der Waals surface area contributed by atoms with Crippen molar-refractivity contribution in [3.63, 3.8) is 0 Å². The van der Waals surface area contributed by atoms with Crippen LogP contribution in [0.15, 0.2) is 48.0 Å². The van der Waals surface area contributed by atoms with Crippen molar-refractivity contribution in [3.05, 3.63) is 59.2 Å². The first-order valence-corrected chi connectivity index (χ1v) is 9.93. The lowest BCUT2D eigenvalue weighted by Gasteiger charge is -2.26. The summed E-state index contributed by atoms with van der Waals surface area (Å²) in [5.41, 5.74) is 1.97. The van der Waals surface area contributed by atoms with Gasteiger partial charge in [-0.05, 0) is 42.3 Å². The minimum Gasteiger partial charge on any atom is -0.508 e. The van der Waals surface area contributed by atoms with Crippen molar-refractivity contribution in [2.45, 2.75) is 6.42 Å². The zero-order valence-electron chi connectivity index (χ0n) is 16.3. The van der Waals surface area contributed by atoms with E-state index in [2.05, 4.69) is 4.90 Å². The van der Waals surface area contributed by atoms with Gasteiger partial charge in [0.05, 0.1) is 25.4 Å². The number of nitrogens with zero attached hydrogens (tertiary/aromatic N) is 1. The Morgan fingerprint density at radius 1 is 1.10 bits per heavy atom. The predicted molar refractivity (Wildman–Crippen MR) is 110 cm³/mol. The maximum absolute atomic E-state index is 12.6. The van der Waals surface area contributed by atoms with Crippen LogP contribution in [0.5, 0.6) is 17.2 Å². The number of hydrogen-bond acceptors (Lipinski definition) is 6. The average molecular weight is 395 g/mol. The highest BCUT2D eigenvalue weighted by Gasteiger charge is 2.23. The zero-order valence-corrected chi connectivity index (χ0v) is 16.3. The Hall–Kier alpha value is -2.83. The second-order valence-electron chi connectivity index (χ2n) is 7.19. The van der Waals surface area contributed by atoms with Gasteiger partial charge < -0.3 is 19.3 Å². The molecule has 152 valence electrons. The summed E-state index contributed by atoms with van der Waals surface area (Å²) in [5, 5.41) is 9.52. The van der Waals surface area contributed by atoms with Gasteiger partial charge in [-0.15, -0.1) is 0 Å². The van der Waals surface area contributed by atoms with Crippen LogP contribution < -0.4 is 9.47 Å². The van der Waals surface area contributed by atoms with Gasteiger partial charge in [0.25, 0.3) is 0 Å². The Morgan fingerprint density at radius 2 is 1.90 bits per heavy atom. The van der Waals surface area contributed by atoms with Crippen LogP contribution >= 0.6 is 0 Å². The van der Waals surface area contributed by atoms with Gasteiger partial charge in [0.1, 0.15) is 23.9 Å². The molecular formula is C23H25NO5. The van der Waals surface area contributed by atoms with Crippen LogP contribution in [-0.2, 0) is 4.74 Å². The molecule has 0 aromatic heterocycles. The first kappa shape index (κ1) is 19.5. The lowest BCUT2D eigenvalue weighted by Crippen LogP contribution is -2.37. The number of carbonyl (C=O) groups is 1. The molecule has 29 heavy (non-hydrogen) atoms. The molecule has 0 saturated carbocycles. The SMILES string of the molecule is O=C1/C(=C/c2ccc(OCCCN3CCOCC3)cc2)COc2cc(O)ccc21. The lowest BCUT2D eigenvalue weighted by atomic mass is 9.98. The first-order chi connectivity index (χ1) is 14.2. The van der Waals surface area contributed by atoms with E-state index in [0.29, 0.717) is 23.5 Å². The number of ether oxygens (including phenoxy) is 3. The third kappa shape index (κ3) is 4.96. The summed E-state index contributed by atoms with van der Waals surface area (Å²) in [6.07, 6.45) is 2.81. The molecule has 0 atom stereocenters. The van der Waals surface area contributed by atoms with Crippen molar-refractivity contribution in [2.24, 2.45) is 0 Å². The Labute approximate surface area is 170 Å². The van der Waals surface area contributed by atoms with Gasteiger partial charge in [0.15, 0.2) is 5.78 Å². The number of phenolic OH excluding ortho intramolecular Hbond substituents is 1. The summed E-state index contributed by atoms with van der Waals surface area (Å²) in [4.78, 5) is 15.0. The van der Waals surface area contributed by atoms with E-state index in [1.165, 1.54) is 12.1 Å². The van der Waals surface area contributed by atoms with E-state index >= 15 is 0 Å². The quantitative estimate of drug-likeness (QED) is 0.599. The number of benzene rings is 2. The van der Waals surface area contributed by atoms with Crippen LogP contribution in [0.3, 0.4) is 0 Å². The molecule has 2 aromatic carbocycles.